The summed E-state index contributed by atoms with van der Waals surface area (Å²) in [5.74, 6) is 0.918. The molecule has 0 radical (unpaired) electrons. The van der Waals surface area contributed by atoms with Crippen molar-refractivity contribution in [2.24, 2.45) is 7.05 Å². The van der Waals surface area contributed by atoms with Crippen molar-refractivity contribution in [2.75, 3.05) is 36.8 Å². The highest BCUT2D eigenvalue weighted by Gasteiger charge is 2.25. The van der Waals surface area contributed by atoms with Crippen molar-refractivity contribution in [1.82, 2.24) is 14.7 Å². The first-order chi connectivity index (χ1) is 9.78. The SMILES string of the molecule is Cn1ncc(N)c1N1CCCN(C(=O)OC(C)(C)C)CC1. The molecule has 0 spiro atoms. The van der Waals surface area contributed by atoms with E-state index in [-0.39, 0.29) is 6.09 Å². The summed E-state index contributed by atoms with van der Waals surface area (Å²) in [6.45, 7) is 8.54. The van der Waals surface area contributed by atoms with Crippen molar-refractivity contribution in [3.05, 3.63) is 6.20 Å². The lowest BCUT2D eigenvalue weighted by molar-refractivity contribution is 0.0263. The van der Waals surface area contributed by atoms with Crippen LogP contribution in [0.5, 0.6) is 0 Å². The van der Waals surface area contributed by atoms with Gasteiger partial charge < -0.3 is 20.3 Å². The number of hydrogen-bond donors (Lipinski definition) is 1. The molecule has 1 amide bonds. The lowest BCUT2D eigenvalue weighted by Gasteiger charge is -2.27. The van der Waals surface area contributed by atoms with E-state index in [1.165, 1.54) is 0 Å². The van der Waals surface area contributed by atoms with Crippen molar-refractivity contribution in [3.63, 3.8) is 0 Å². The van der Waals surface area contributed by atoms with Gasteiger partial charge >= 0.3 is 6.09 Å². The highest BCUT2D eigenvalue weighted by atomic mass is 16.6. The Morgan fingerprint density at radius 1 is 1.29 bits per heavy atom. The van der Waals surface area contributed by atoms with Gasteiger partial charge in [0.1, 0.15) is 11.4 Å². The quantitative estimate of drug-likeness (QED) is 0.848. The number of aromatic nitrogens is 2. The monoisotopic (exact) mass is 295 g/mol. The number of anilines is 2. The first-order valence-electron chi connectivity index (χ1n) is 7.28. The van der Waals surface area contributed by atoms with Crippen LogP contribution in [0.2, 0.25) is 0 Å². The van der Waals surface area contributed by atoms with Gasteiger partial charge in [-0.3, -0.25) is 4.68 Å². The number of ether oxygens (including phenoxy) is 1. The molecule has 1 aliphatic heterocycles. The van der Waals surface area contributed by atoms with E-state index >= 15 is 0 Å². The molecule has 7 nitrogen and oxygen atoms in total. The molecule has 1 aromatic heterocycles. The molecule has 1 aliphatic rings. The largest absolute Gasteiger partial charge is 0.444 e. The fourth-order valence-electron chi connectivity index (χ4n) is 2.47. The third kappa shape index (κ3) is 3.80. The summed E-state index contributed by atoms with van der Waals surface area (Å²) >= 11 is 0. The molecule has 21 heavy (non-hydrogen) atoms. The minimum absolute atomic E-state index is 0.248. The van der Waals surface area contributed by atoms with Gasteiger partial charge in [0.15, 0.2) is 0 Å². The number of hydrogen-bond acceptors (Lipinski definition) is 5. The number of amides is 1. The van der Waals surface area contributed by atoms with Crippen molar-refractivity contribution < 1.29 is 9.53 Å². The molecule has 0 bridgehead atoms. The lowest BCUT2D eigenvalue weighted by Crippen LogP contribution is -2.39. The van der Waals surface area contributed by atoms with Gasteiger partial charge in [-0.25, -0.2) is 4.79 Å². The average Bonchev–Trinajstić information content (AvgIpc) is 2.60. The van der Waals surface area contributed by atoms with Gasteiger partial charge in [-0.05, 0) is 27.2 Å². The van der Waals surface area contributed by atoms with E-state index in [2.05, 4.69) is 10.00 Å². The maximum Gasteiger partial charge on any atom is 0.410 e. The fraction of sp³-hybridized carbons (Fsp3) is 0.714. The minimum atomic E-state index is -0.463. The number of nitrogens with zero attached hydrogens (tertiary/aromatic N) is 4. The smallest absolute Gasteiger partial charge is 0.410 e. The second-order valence-electron chi connectivity index (χ2n) is 6.36. The van der Waals surface area contributed by atoms with Crippen LogP contribution in [0.15, 0.2) is 6.20 Å². The molecule has 1 fully saturated rings. The van der Waals surface area contributed by atoms with Gasteiger partial charge in [-0.2, -0.15) is 5.10 Å². The number of carbonyl (C=O) groups is 1. The van der Waals surface area contributed by atoms with Crippen LogP contribution in [-0.2, 0) is 11.8 Å². The van der Waals surface area contributed by atoms with Crippen LogP contribution >= 0.6 is 0 Å². The predicted octanol–water partition coefficient (Wildman–Crippen LogP) is 1.45. The van der Waals surface area contributed by atoms with E-state index in [1.807, 2.05) is 27.8 Å². The third-order valence-electron chi connectivity index (χ3n) is 3.38. The molecule has 0 unspecified atom stereocenters. The number of rotatable bonds is 1. The fourth-order valence-corrected chi connectivity index (χ4v) is 2.47. The molecule has 2 N–H and O–H groups in total. The molecule has 2 heterocycles. The van der Waals surface area contributed by atoms with E-state index in [0.717, 1.165) is 25.3 Å². The minimum Gasteiger partial charge on any atom is -0.444 e. The molecule has 1 saturated heterocycles. The maximum absolute atomic E-state index is 12.1. The van der Waals surface area contributed by atoms with Crippen LogP contribution in [0.25, 0.3) is 0 Å². The van der Waals surface area contributed by atoms with Crippen LogP contribution < -0.4 is 10.6 Å². The van der Waals surface area contributed by atoms with Gasteiger partial charge in [0.2, 0.25) is 0 Å². The molecule has 0 atom stereocenters. The Balaban J connectivity index is 2.01. The number of nitrogens with two attached hydrogens (primary N) is 1. The molecule has 2 rings (SSSR count). The molecule has 1 aromatic rings. The Bertz CT molecular complexity index is 486. The molecule has 0 saturated carbocycles. The van der Waals surface area contributed by atoms with Gasteiger partial charge in [0, 0.05) is 33.2 Å². The molecule has 0 aromatic carbocycles. The van der Waals surface area contributed by atoms with Crippen LogP contribution in [0, 0.1) is 0 Å². The summed E-state index contributed by atoms with van der Waals surface area (Å²) in [7, 11) is 1.88. The highest BCUT2D eigenvalue weighted by Crippen LogP contribution is 2.23. The predicted molar refractivity (Wildman–Crippen MR) is 82.3 cm³/mol. The summed E-state index contributed by atoms with van der Waals surface area (Å²) in [5, 5.41) is 4.17. The summed E-state index contributed by atoms with van der Waals surface area (Å²) < 4.78 is 7.21. The molecule has 118 valence electrons. The molecular weight excluding hydrogens is 270 g/mol. The Morgan fingerprint density at radius 3 is 2.57 bits per heavy atom. The van der Waals surface area contributed by atoms with Crippen molar-refractivity contribution in [3.8, 4) is 0 Å². The van der Waals surface area contributed by atoms with E-state index in [0.29, 0.717) is 18.8 Å². The van der Waals surface area contributed by atoms with Crippen LogP contribution in [-0.4, -0.2) is 52.6 Å². The normalized spacial score (nSPS) is 16.8. The first-order valence-corrected chi connectivity index (χ1v) is 7.28. The first kappa shape index (κ1) is 15.5. The summed E-state index contributed by atoms with van der Waals surface area (Å²) in [6, 6.07) is 0. The van der Waals surface area contributed by atoms with Crippen molar-refractivity contribution in [2.45, 2.75) is 32.8 Å². The topological polar surface area (TPSA) is 76.6 Å². The Hall–Kier alpha value is -1.92. The highest BCUT2D eigenvalue weighted by molar-refractivity contribution is 5.68. The zero-order valence-corrected chi connectivity index (χ0v) is 13.3. The molecule has 7 heteroatoms. The summed E-state index contributed by atoms with van der Waals surface area (Å²) in [5.41, 5.74) is 6.18. The molecular formula is C14H25N5O2. The van der Waals surface area contributed by atoms with Crippen LogP contribution in [0.3, 0.4) is 0 Å². The Kier molecular flexibility index (Phi) is 4.29. The number of nitrogen functional groups attached to an aromatic ring is 1. The van der Waals surface area contributed by atoms with E-state index in [9.17, 15) is 4.79 Å². The third-order valence-corrected chi connectivity index (χ3v) is 3.38. The van der Waals surface area contributed by atoms with Gasteiger partial charge in [0.05, 0.1) is 11.9 Å². The zero-order valence-electron chi connectivity index (χ0n) is 13.3. The van der Waals surface area contributed by atoms with Crippen LogP contribution in [0.4, 0.5) is 16.3 Å². The molecule has 0 aliphatic carbocycles. The number of aryl methyl sites for hydroxylation is 1. The maximum atomic E-state index is 12.1. The van der Waals surface area contributed by atoms with Gasteiger partial charge in [-0.15, -0.1) is 0 Å². The van der Waals surface area contributed by atoms with E-state index in [1.54, 1.807) is 15.8 Å². The van der Waals surface area contributed by atoms with E-state index < -0.39 is 5.60 Å². The van der Waals surface area contributed by atoms with E-state index in [4.69, 9.17) is 10.5 Å². The average molecular weight is 295 g/mol. The van der Waals surface area contributed by atoms with Crippen molar-refractivity contribution in [1.29, 1.82) is 0 Å². The summed E-state index contributed by atoms with van der Waals surface area (Å²) in [4.78, 5) is 16.1. The van der Waals surface area contributed by atoms with Crippen LogP contribution in [0.1, 0.15) is 27.2 Å². The standard InChI is InChI=1S/C14H25N5O2/c1-14(2,3)21-13(20)19-7-5-6-18(8-9-19)12-11(15)10-16-17(12)4/h10H,5-9,15H2,1-4H3. The zero-order chi connectivity index (χ0) is 15.6. The van der Waals surface area contributed by atoms with Crippen molar-refractivity contribution >= 4 is 17.6 Å². The second kappa shape index (κ2) is 5.83. The Labute approximate surface area is 125 Å². The lowest BCUT2D eigenvalue weighted by atomic mass is 10.2. The van der Waals surface area contributed by atoms with Gasteiger partial charge in [0.25, 0.3) is 0 Å². The summed E-state index contributed by atoms with van der Waals surface area (Å²) in [6.07, 6.45) is 2.29. The number of carbonyl (C=O) groups excluding carboxylic acids is 1. The second-order valence-corrected chi connectivity index (χ2v) is 6.36. The van der Waals surface area contributed by atoms with Gasteiger partial charge in [-0.1, -0.05) is 0 Å². The Morgan fingerprint density at radius 2 is 2.00 bits per heavy atom.